The lowest BCUT2D eigenvalue weighted by Crippen LogP contribution is -2.48. The Bertz CT molecular complexity index is 725. The van der Waals surface area contributed by atoms with Gasteiger partial charge in [-0.05, 0) is 42.9 Å². The summed E-state index contributed by atoms with van der Waals surface area (Å²) in [6, 6.07) is 10.0. The minimum absolute atomic E-state index is 0.126. The van der Waals surface area contributed by atoms with Crippen LogP contribution in [-0.4, -0.2) is 64.3 Å². The Morgan fingerprint density at radius 2 is 1.93 bits per heavy atom. The standard InChI is InChI=1S/C20H25N3O3S/c24-17(13-23-18(25)20(21-19(23)26)8-11-27-14-20)22-9-6-16(7-10-22)12-15-4-2-1-3-5-15/h1-5,16H,6-14H2,(H,21,26). The summed E-state index contributed by atoms with van der Waals surface area (Å²) in [6.07, 6.45) is 3.61. The van der Waals surface area contributed by atoms with Gasteiger partial charge in [-0.2, -0.15) is 11.8 Å². The predicted octanol–water partition coefficient (Wildman–Crippen LogP) is 1.90. The van der Waals surface area contributed by atoms with Crippen molar-refractivity contribution in [3.63, 3.8) is 0 Å². The number of imide groups is 1. The van der Waals surface area contributed by atoms with E-state index in [9.17, 15) is 14.4 Å². The van der Waals surface area contributed by atoms with E-state index in [1.807, 2.05) is 6.07 Å². The zero-order valence-electron chi connectivity index (χ0n) is 15.4. The molecule has 0 radical (unpaired) electrons. The van der Waals surface area contributed by atoms with Crippen molar-refractivity contribution in [1.29, 1.82) is 0 Å². The smallest absolute Gasteiger partial charge is 0.325 e. The summed E-state index contributed by atoms with van der Waals surface area (Å²) >= 11 is 1.67. The molecule has 0 bridgehead atoms. The maximum atomic E-state index is 12.7. The molecule has 1 aromatic rings. The molecule has 1 aromatic carbocycles. The maximum absolute atomic E-state index is 12.7. The summed E-state index contributed by atoms with van der Waals surface area (Å²) in [5, 5.41) is 2.82. The molecule has 1 spiro atoms. The number of amides is 4. The number of hydrogen-bond donors (Lipinski definition) is 1. The highest BCUT2D eigenvalue weighted by Gasteiger charge is 2.53. The highest BCUT2D eigenvalue weighted by molar-refractivity contribution is 7.99. The average molecular weight is 388 g/mol. The van der Waals surface area contributed by atoms with Crippen LogP contribution in [0.4, 0.5) is 4.79 Å². The van der Waals surface area contributed by atoms with Crippen LogP contribution in [0.1, 0.15) is 24.8 Å². The van der Waals surface area contributed by atoms with Crippen LogP contribution in [0.2, 0.25) is 0 Å². The van der Waals surface area contributed by atoms with Crippen LogP contribution in [0.3, 0.4) is 0 Å². The van der Waals surface area contributed by atoms with Crippen LogP contribution in [-0.2, 0) is 16.0 Å². The van der Waals surface area contributed by atoms with Crippen molar-refractivity contribution in [2.24, 2.45) is 5.92 Å². The number of urea groups is 1. The van der Waals surface area contributed by atoms with Gasteiger partial charge in [0, 0.05) is 18.8 Å². The molecular formula is C20H25N3O3S. The van der Waals surface area contributed by atoms with Gasteiger partial charge < -0.3 is 10.2 Å². The van der Waals surface area contributed by atoms with Gasteiger partial charge in [0.2, 0.25) is 5.91 Å². The van der Waals surface area contributed by atoms with Gasteiger partial charge in [-0.1, -0.05) is 30.3 Å². The van der Waals surface area contributed by atoms with Crippen molar-refractivity contribution in [2.75, 3.05) is 31.1 Å². The van der Waals surface area contributed by atoms with Crippen molar-refractivity contribution in [1.82, 2.24) is 15.1 Å². The molecule has 0 saturated carbocycles. The molecule has 4 rings (SSSR count). The fourth-order valence-corrected chi connectivity index (χ4v) is 5.55. The van der Waals surface area contributed by atoms with Crippen LogP contribution in [0.15, 0.2) is 30.3 Å². The van der Waals surface area contributed by atoms with Gasteiger partial charge in [-0.25, -0.2) is 4.79 Å². The monoisotopic (exact) mass is 387 g/mol. The second kappa shape index (κ2) is 7.54. The van der Waals surface area contributed by atoms with Gasteiger partial charge in [0.05, 0.1) is 0 Å². The summed E-state index contributed by atoms with van der Waals surface area (Å²) < 4.78 is 0. The van der Waals surface area contributed by atoms with E-state index in [4.69, 9.17) is 0 Å². The lowest BCUT2D eigenvalue weighted by Gasteiger charge is -2.33. The van der Waals surface area contributed by atoms with Crippen molar-refractivity contribution in [2.45, 2.75) is 31.2 Å². The second-order valence-electron chi connectivity index (χ2n) is 7.72. The molecule has 1 N–H and O–H groups in total. The topological polar surface area (TPSA) is 69.7 Å². The molecule has 27 heavy (non-hydrogen) atoms. The number of likely N-dealkylation sites (tertiary alicyclic amines) is 1. The van der Waals surface area contributed by atoms with E-state index in [1.165, 1.54) is 5.56 Å². The van der Waals surface area contributed by atoms with Gasteiger partial charge in [-0.15, -0.1) is 0 Å². The summed E-state index contributed by atoms with van der Waals surface area (Å²) in [7, 11) is 0. The van der Waals surface area contributed by atoms with E-state index >= 15 is 0 Å². The van der Waals surface area contributed by atoms with Crippen molar-refractivity contribution in [3.8, 4) is 0 Å². The number of carbonyl (C=O) groups is 3. The quantitative estimate of drug-likeness (QED) is 0.801. The Labute approximate surface area is 163 Å². The Hall–Kier alpha value is -2.02. The van der Waals surface area contributed by atoms with Crippen LogP contribution < -0.4 is 5.32 Å². The van der Waals surface area contributed by atoms with Gasteiger partial charge in [-0.3, -0.25) is 14.5 Å². The average Bonchev–Trinajstić information content (AvgIpc) is 3.24. The van der Waals surface area contributed by atoms with Gasteiger partial charge in [0.25, 0.3) is 5.91 Å². The van der Waals surface area contributed by atoms with E-state index in [1.54, 1.807) is 16.7 Å². The zero-order valence-corrected chi connectivity index (χ0v) is 16.2. The van der Waals surface area contributed by atoms with Crippen molar-refractivity contribution in [3.05, 3.63) is 35.9 Å². The number of rotatable bonds is 4. The van der Waals surface area contributed by atoms with Gasteiger partial charge >= 0.3 is 6.03 Å². The molecule has 144 valence electrons. The summed E-state index contributed by atoms with van der Waals surface area (Å²) in [6.45, 7) is 1.25. The second-order valence-corrected chi connectivity index (χ2v) is 8.83. The van der Waals surface area contributed by atoms with E-state index in [2.05, 4.69) is 29.6 Å². The fraction of sp³-hybridized carbons (Fsp3) is 0.550. The number of piperidine rings is 1. The number of carbonyl (C=O) groups excluding carboxylic acids is 3. The molecule has 1 atom stereocenters. The molecular weight excluding hydrogens is 362 g/mol. The van der Waals surface area contributed by atoms with Crippen LogP contribution in [0.5, 0.6) is 0 Å². The Kier molecular flexibility index (Phi) is 5.12. The minimum Gasteiger partial charge on any atom is -0.341 e. The number of benzene rings is 1. The zero-order chi connectivity index (χ0) is 18.9. The first kappa shape index (κ1) is 18.3. The lowest BCUT2D eigenvalue weighted by molar-refractivity contribution is -0.139. The first-order valence-corrected chi connectivity index (χ1v) is 10.8. The van der Waals surface area contributed by atoms with Crippen LogP contribution in [0, 0.1) is 5.92 Å². The Balaban J connectivity index is 1.30. The summed E-state index contributed by atoms with van der Waals surface area (Å²) in [5.41, 5.74) is 0.561. The number of hydrogen-bond acceptors (Lipinski definition) is 4. The summed E-state index contributed by atoms with van der Waals surface area (Å²) in [5.74, 6) is 1.69. The molecule has 3 aliphatic heterocycles. The number of thioether (sulfide) groups is 1. The molecule has 4 amide bonds. The Morgan fingerprint density at radius 1 is 1.19 bits per heavy atom. The minimum atomic E-state index is -0.773. The normalized spacial score (nSPS) is 26.1. The molecule has 3 aliphatic rings. The lowest BCUT2D eigenvalue weighted by atomic mass is 9.90. The molecule has 1 unspecified atom stereocenters. The molecule has 0 aliphatic carbocycles. The molecule has 3 heterocycles. The third-order valence-electron chi connectivity index (χ3n) is 5.90. The van der Waals surface area contributed by atoms with Crippen molar-refractivity contribution < 1.29 is 14.4 Å². The highest BCUT2D eigenvalue weighted by atomic mass is 32.2. The summed E-state index contributed by atoms with van der Waals surface area (Å²) in [4.78, 5) is 40.5. The largest absolute Gasteiger partial charge is 0.341 e. The highest BCUT2D eigenvalue weighted by Crippen LogP contribution is 2.33. The Morgan fingerprint density at radius 3 is 2.59 bits per heavy atom. The first-order chi connectivity index (χ1) is 13.1. The molecule has 3 saturated heterocycles. The SMILES string of the molecule is O=C(CN1C(=O)NC2(CCSC2)C1=O)N1CCC(Cc2ccccc2)CC1. The third-order valence-corrected chi connectivity index (χ3v) is 7.09. The molecule has 7 heteroatoms. The van der Waals surface area contributed by atoms with E-state index in [0.717, 1.165) is 29.9 Å². The molecule has 6 nitrogen and oxygen atoms in total. The van der Waals surface area contributed by atoms with Crippen LogP contribution >= 0.6 is 11.8 Å². The molecule has 0 aromatic heterocycles. The molecule has 3 fully saturated rings. The fourth-order valence-electron chi connectivity index (χ4n) is 4.22. The van der Waals surface area contributed by atoms with E-state index < -0.39 is 11.6 Å². The van der Waals surface area contributed by atoms with Crippen LogP contribution in [0.25, 0.3) is 0 Å². The maximum Gasteiger partial charge on any atom is 0.325 e. The number of nitrogens with zero attached hydrogens (tertiary/aromatic N) is 2. The van der Waals surface area contributed by atoms with E-state index in [0.29, 0.717) is 31.2 Å². The van der Waals surface area contributed by atoms with Gasteiger partial charge in [0.15, 0.2) is 0 Å². The van der Waals surface area contributed by atoms with E-state index in [-0.39, 0.29) is 18.4 Å². The first-order valence-electron chi connectivity index (χ1n) is 9.61. The van der Waals surface area contributed by atoms with Gasteiger partial charge in [0.1, 0.15) is 12.1 Å². The number of nitrogens with one attached hydrogen (secondary N) is 1. The third kappa shape index (κ3) is 3.70. The van der Waals surface area contributed by atoms with Crippen molar-refractivity contribution >= 4 is 29.6 Å². The predicted molar refractivity (Wildman–Crippen MR) is 104 cm³/mol.